The minimum absolute atomic E-state index is 0.124. The Morgan fingerprint density at radius 1 is 0.909 bits per heavy atom. The fourth-order valence-corrected chi connectivity index (χ4v) is 4.27. The van der Waals surface area contributed by atoms with Crippen molar-refractivity contribution in [3.63, 3.8) is 0 Å². The highest BCUT2D eigenvalue weighted by molar-refractivity contribution is 5.94. The van der Waals surface area contributed by atoms with E-state index in [-0.39, 0.29) is 18.1 Å². The molecule has 1 N–H and O–H groups in total. The molecule has 0 aromatic heterocycles. The summed E-state index contributed by atoms with van der Waals surface area (Å²) in [7, 11) is 0. The Morgan fingerprint density at radius 3 is 2.03 bits per heavy atom. The molecule has 8 nitrogen and oxygen atoms in total. The number of rotatable bonds is 8. The molecule has 2 unspecified atom stereocenters. The Hall–Kier alpha value is -3.43. The zero-order chi connectivity index (χ0) is 23.0. The molecule has 0 aliphatic carbocycles. The summed E-state index contributed by atoms with van der Waals surface area (Å²) in [6.07, 6.45) is 0.309. The van der Waals surface area contributed by atoms with Crippen molar-refractivity contribution in [2.75, 3.05) is 52.4 Å². The van der Waals surface area contributed by atoms with Crippen LogP contribution in [0.2, 0.25) is 0 Å². The quantitative estimate of drug-likeness (QED) is 0.659. The van der Waals surface area contributed by atoms with Crippen LogP contribution >= 0.6 is 0 Å². The summed E-state index contributed by atoms with van der Waals surface area (Å²) in [6, 6.07) is 18.0. The highest BCUT2D eigenvalue weighted by atomic mass is 16.5. The molecule has 1 amide bonds. The molecule has 2 heterocycles. The van der Waals surface area contributed by atoms with Gasteiger partial charge in [0.15, 0.2) is 0 Å². The van der Waals surface area contributed by atoms with Crippen molar-refractivity contribution in [3.05, 3.63) is 65.2 Å². The first-order valence-corrected chi connectivity index (χ1v) is 11.1. The molecule has 170 valence electrons. The van der Waals surface area contributed by atoms with Crippen LogP contribution in [0.25, 0.3) is 0 Å². The van der Waals surface area contributed by atoms with Gasteiger partial charge in [-0.25, -0.2) is 0 Å². The lowest BCUT2D eigenvalue weighted by atomic mass is 10.1. The van der Waals surface area contributed by atoms with Crippen LogP contribution in [0.5, 0.6) is 5.75 Å². The lowest BCUT2D eigenvalue weighted by molar-refractivity contribution is -0.138. The lowest BCUT2D eigenvalue weighted by Gasteiger charge is -2.45. The smallest absolute Gasteiger partial charge is 0.251 e. The second kappa shape index (κ2) is 10.9. The summed E-state index contributed by atoms with van der Waals surface area (Å²) in [6.45, 7) is 6.18. The van der Waals surface area contributed by atoms with Crippen LogP contribution in [0.4, 0.5) is 0 Å². The molecule has 2 aromatic carbocycles. The predicted molar refractivity (Wildman–Crippen MR) is 122 cm³/mol. The fourth-order valence-electron chi connectivity index (χ4n) is 4.27. The summed E-state index contributed by atoms with van der Waals surface area (Å²) in [4.78, 5) is 17.0. The maximum absolute atomic E-state index is 12.3. The molecule has 2 fully saturated rings. The molecular weight excluding hydrogens is 418 g/mol. The van der Waals surface area contributed by atoms with Crippen molar-refractivity contribution in [2.45, 2.75) is 12.2 Å². The van der Waals surface area contributed by atoms with Crippen LogP contribution in [0.15, 0.2) is 48.5 Å². The Balaban J connectivity index is 1.16. The van der Waals surface area contributed by atoms with E-state index in [0.29, 0.717) is 29.8 Å². The fraction of sp³-hybridized carbons (Fsp3) is 0.400. The summed E-state index contributed by atoms with van der Waals surface area (Å²) < 4.78 is 11.9. The van der Waals surface area contributed by atoms with Crippen molar-refractivity contribution >= 4 is 5.91 Å². The van der Waals surface area contributed by atoms with E-state index < -0.39 is 0 Å². The van der Waals surface area contributed by atoms with Crippen molar-refractivity contribution in [1.29, 1.82) is 10.5 Å². The number of hydrogen-bond acceptors (Lipinski definition) is 7. The van der Waals surface area contributed by atoms with E-state index in [2.05, 4.69) is 27.3 Å². The van der Waals surface area contributed by atoms with Gasteiger partial charge in [-0.05, 0) is 48.5 Å². The van der Waals surface area contributed by atoms with E-state index in [1.807, 2.05) is 12.1 Å². The average molecular weight is 446 g/mol. The Bertz CT molecular complexity index is 1010. The van der Waals surface area contributed by atoms with Crippen LogP contribution in [-0.2, 0) is 4.74 Å². The zero-order valence-electron chi connectivity index (χ0n) is 18.4. The number of amides is 1. The number of nitrogens with zero attached hydrogens (tertiary/aromatic N) is 4. The standard InChI is InChI=1S/C25H27N5O3/c26-13-19-1-5-21(6-2-19)25(31)28-9-10-29-15-23-17-30(18-24(16-29)33-23)11-12-32-22-7-3-20(14-27)4-8-22/h1-8,23-24H,9-12,15-18H2,(H,28,31). The van der Waals surface area contributed by atoms with Gasteiger partial charge in [0.2, 0.25) is 0 Å². The monoisotopic (exact) mass is 445 g/mol. The molecule has 0 saturated carbocycles. The maximum Gasteiger partial charge on any atom is 0.251 e. The number of carbonyl (C=O) groups excluding carboxylic acids is 1. The van der Waals surface area contributed by atoms with Gasteiger partial charge in [0, 0.05) is 51.4 Å². The summed E-state index contributed by atoms with van der Waals surface area (Å²) in [5.41, 5.74) is 1.73. The van der Waals surface area contributed by atoms with Crippen molar-refractivity contribution in [2.24, 2.45) is 0 Å². The summed E-state index contributed by atoms with van der Waals surface area (Å²) in [5, 5.41) is 20.7. The Kier molecular flexibility index (Phi) is 7.54. The first-order chi connectivity index (χ1) is 16.1. The number of fused-ring (bicyclic) bond motifs is 2. The molecular formula is C25H27N5O3. The molecule has 2 aliphatic rings. The molecule has 2 aromatic rings. The van der Waals surface area contributed by atoms with Crippen molar-refractivity contribution < 1.29 is 14.3 Å². The van der Waals surface area contributed by atoms with Gasteiger partial charge in [-0.1, -0.05) is 0 Å². The molecule has 8 heteroatoms. The zero-order valence-corrected chi connectivity index (χ0v) is 18.4. The van der Waals surface area contributed by atoms with E-state index in [4.69, 9.17) is 20.0 Å². The van der Waals surface area contributed by atoms with Gasteiger partial charge >= 0.3 is 0 Å². The highest BCUT2D eigenvalue weighted by Crippen LogP contribution is 2.19. The number of ether oxygens (including phenoxy) is 2. The Morgan fingerprint density at radius 2 is 1.45 bits per heavy atom. The topological polar surface area (TPSA) is 102 Å². The third-order valence-electron chi connectivity index (χ3n) is 5.88. The van der Waals surface area contributed by atoms with Crippen LogP contribution in [0.3, 0.4) is 0 Å². The first-order valence-electron chi connectivity index (χ1n) is 11.1. The van der Waals surface area contributed by atoms with Crippen LogP contribution in [0.1, 0.15) is 21.5 Å². The van der Waals surface area contributed by atoms with Gasteiger partial charge in [0.25, 0.3) is 5.91 Å². The van der Waals surface area contributed by atoms with Gasteiger partial charge in [0.1, 0.15) is 12.4 Å². The maximum atomic E-state index is 12.3. The minimum atomic E-state index is -0.124. The molecule has 0 radical (unpaired) electrons. The molecule has 2 atom stereocenters. The third kappa shape index (κ3) is 6.30. The Labute approximate surface area is 193 Å². The van der Waals surface area contributed by atoms with Crippen LogP contribution in [-0.4, -0.2) is 80.3 Å². The van der Waals surface area contributed by atoms with E-state index in [9.17, 15) is 4.79 Å². The number of nitriles is 2. The van der Waals surface area contributed by atoms with Crippen LogP contribution in [0, 0.1) is 22.7 Å². The number of hydrogen-bond donors (Lipinski definition) is 1. The van der Waals surface area contributed by atoms with E-state index in [1.54, 1.807) is 36.4 Å². The summed E-state index contributed by atoms with van der Waals surface area (Å²) >= 11 is 0. The van der Waals surface area contributed by atoms with E-state index in [1.165, 1.54) is 0 Å². The number of benzene rings is 2. The van der Waals surface area contributed by atoms with Crippen molar-refractivity contribution in [3.8, 4) is 17.9 Å². The molecule has 2 saturated heterocycles. The molecule has 2 bridgehead atoms. The van der Waals surface area contributed by atoms with Gasteiger partial charge in [-0.3, -0.25) is 14.6 Å². The molecule has 33 heavy (non-hydrogen) atoms. The lowest BCUT2D eigenvalue weighted by Crippen LogP contribution is -2.60. The second-order valence-corrected chi connectivity index (χ2v) is 8.33. The number of nitrogens with one attached hydrogen (secondary N) is 1. The third-order valence-corrected chi connectivity index (χ3v) is 5.88. The predicted octanol–water partition coefficient (Wildman–Crippen LogP) is 1.62. The molecule has 2 aliphatic heterocycles. The number of carbonyl (C=O) groups is 1. The van der Waals surface area contributed by atoms with Gasteiger partial charge in [-0.15, -0.1) is 0 Å². The average Bonchev–Trinajstić information content (AvgIpc) is 2.84. The first kappa shape index (κ1) is 22.8. The number of morpholine rings is 2. The van der Waals surface area contributed by atoms with E-state index >= 15 is 0 Å². The minimum Gasteiger partial charge on any atom is -0.492 e. The highest BCUT2D eigenvalue weighted by Gasteiger charge is 2.34. The summed E-state index contributed by atoms with van der Waals surface area (Å²) in [5.74, 6) is 0.651. The SMILES string of the molecule is N#Cc1ccc(OCCN2CC3CN(CCNC(=O)c4ccc(C#N)cc4)CC(C2)O3)cc1. The largest absolute Gasteiger partial charge is 0.492 e. The van der Waals surface area contributed by atoms with Gasteiger partial charge in [0.05, 0.1) is 35.5 Å². The van der Waals surface area contributed by atoms with E-state index in [0.717, 1.165) is 45.0 Å². The normalized spacial score (nSPS) is 20.4. The molecule has 0 spiro atoms. The molecule has 4 rings (SSSR count). The van der Waals surface area contributed by atoms with Crippen LogP contribution < -0.4 is 10.1 Å². The van der Waals surface area contributed by atoms with Gasteiger partial charge < -0.3 is 14.8 Å². The second-order valence-electron chi connectivity index (χ2n) is 8.33. The van der Waals surface area contributed by atoms with Gasteiger partial charge in [-0.2, -0.15) is 10.5 Å². The van der Waals surface area contributed by atoms with Crippen molar-refractivity contribution in [1.82, 2.24) is 15.1 Å².